The van der Waals surface area contributed by atoms with Crippen LogP contribution in [0.4, 0.5) is 24.5 Å². The predicted octanol–water partition coefficient (Wildman–Crippen LogP) is 5.54. The molecule has 0 fully saturated rings. The quantitative estimate of drug-likeness (QED) is 0.435. The van der Waals surface area contributed by atoms with Gasteiger partial charge in [0.15, 0.2) is 5.17 Å². The maximum atomic E-state index is 13.4. The molecule has 4 rings (SSSR count). The molecule has 3 aromatic carbocycles. The molecule has 0 aliphatic carbocycles. The summed E-state index contributed by atoms with van der Waals surface area (Å²) in [7, 11) is 0. The Bertz CT molecular complexity index is 1280. The van der Waals surface area contributed by atoms with Gasteiger partial charge in [0, 0.05) is 0 Å². The van der Waals surface area contributed by atoms with Crippen molar-refractivity contribution < 1.29 is 27.5 Å². The average molecular weight is 497 g/mol. The van der Waals surface area contributed by atoms with Gasteiger partial charge in [-0.25, -0.2) is 9.38 Å². The van der Waals surface area contributed by atoms with Gasteiger partial charge >= 0.3 is 6.61 Å². The highest BCUT2D eigenvalue weighted by molar-refractivity contribution is 8.14. The number of rotatable bonds is 7. The molecule has 178 valence electrons. The number of carbonyl (C=O) groups excluding carboxylic acids is 2. The van der Waals surface area contributed by atoms with Crippen LogP contribution in [0.5, 0.6) is 5.75 Å². The number of hydrogen-bond acceptors (Lipinski definition) is 5. The lowest BCUT2D eigenvalue weighted by Gasteiger charge is -2.18. The number of amidine groups is 1. The molecule has 10 heteroatoms. The number of para-hydroxylation sites is 2. The Labute approximate surface area is 203 Å². The number of anilines is 2. The Morgan fingerprint density at radius 3 is 2.43 bits per heavy atom. The minimum Gasteiger partial charge on any atom is -0.433 e. The summed E-state index contributed by atoms with van der Waals surface area (Å²) in [5.41, 5.74) is 1.38. The number of benzene rings is 3. The molecule has 1 aliphatic rings. The highest BCUT2D eigenvalue weighted by atomic mass is 32.2. The van der Waals surface area contributed by atoms with Crippen LogP contribution < -0.4 is 15.0 Å². The summed E-state index contributed by atoms with van der Waals surface area (Å²) in [5.74, 6) is -1.76. The Kier molecular flexibility index (Phi) is 7.51. The first-order valence-corrected chi connectivity index (χ1v) is 11.3. The lowest BCUT2D eigenvalue weighted by Crippen LogP contribution is -2.31. The van der Waals surface area contributed by atoms with Crippen molar-refractivity contribution in [2.75, 3.05) is 16.0 Å². The van der Waals surface area contributed by atoms with Gasteiger partial charge in [0.2, 0.25) is 5.91 Å². The van der Waals surface area contributed by atoms with E-state index in [-0.39, 0.29) is 28.1 Å². The van der Waals surface area contributed by atoms with E-state index in [0.717, 1.165) is 17.3 Å². The third-order valence-corrected chi connectivity index (χ3v) is 5.67. The van der Waals surface area contributed by atoms with Crippen molar-refractivity contribution in [2.24, 2.45) is 4.99 Å². The SMILES string of the molecule is O=C(CSC1=N/C(=C/c2ccccc2)C(=O)N1c1ccc(F)cc1)Nc1ccccc1OC(F)F. The van der Waals surface area contributed by atoms with Crippen molar-refractivity contribution in [1.29, 1.82) is 0 Å². The summed E-state index contributed by atoms with van der Waals surface area (Å²) < 4.78 is 43.1. The van der Waals surface area contributed by atoms with E-state index in [1.165, 1.54) is 47.4 Å². The fourth-order valence-electron chi connectivity index (χ4n) is 3.20. The minimum atomic E-state index is -3.04. The molecule has 2 amide bonds. The van der Waals surface area contributed by atoms with Crippen LogP contribution in [0, 0.1) is 5.82 Å². The second-order valence-corrected chi connectivity index (χ2v) is 8.11. The first-order valence-electron chi connectivity index (χ1n) is 10.3. The molecule has 35 heavy (non-hydrogen) atoms. The van der Waals surface area contributed by atoms with Gasteiger partial charge in [0.25, 0.3) is 5.91 Å². The average Bonchev–Trinajstić information content (AvgIpc) is 3.15. The van der Waals surface area contributed by atoms with E-state index >= 15 is 0 Å². The van der Waals surface area contributed by atoms with Gasteiger partial charge in [-0.15, -0.1) is 0 Å². The molecule has 0 atom stereocenters. The molecular formula is C25H18F3N3O3S. The number of halogens is 3. The normalized spacial score (nSPS) is 14.4. The third kappa shape index (κ3) is 6.10. The molecule has 1 N–H and O–H groups in total. The van der Waals surface area contributed by atoms with E-state index in [1.54, 1.807) is 12.1 Å². The Balaban J connectivity index is 1.54. The summed E-state index contributed by atoms with van der Waals surface area (Å²) >= 11 is 0.976. The third-order valence-electron chi connectivity index (χ3n) is 4.73. The van der Waals surface area contributed by atoms with E-state index in [1.807, 2.05) is 30.3 Å². The second-order valence-electron chi connectivity index (χ2n) is 7.16. The molecule has 0 unspecified atom stereocenters. The molecule has 0 spiro atoms. The Morgan fingerprint density at radius 1 is 1.03 bits per heavy atom. The van der Waals surface area contributed by atoms with Crippen molar-refractivity contribution >= 4 is 46.2 Å². The molecular weight excluding hydrogens is 479 g/mol. The number of thioether (sulfide) groups is 1. The number of alkyl halides is 2. The summed E-state index contributed by atoms with van der Waals surface area (Å²) in [6, 6.07) is 20.2. The molecule has 0 saturated heterocycles. The van der Waals surface area contributed by atoms with Crippen LogP contribution in [0.1, 0.15) is 5.56 Å². The van der Waals surface area contributed by atoms with Gasteiger partial charge in [-0.05, 0) is 48.0 Å². The number of nitrogens with one attached hydrogen (secondary N) is 1. The minimum absolute atomic E-state index is 0.0860. The Morgan fingerprint density at radius 2 is 1.71 bits per heavy atom. The number of amides is 2. The zero-order chi connectivity index (χ0) is 24.8. The standard InChI is InChI=1S/C25H18F3N3O3S/c26-17-10-12-18(13-11-17)31-23(33)20(14-16-6-2-1-3-7-16)30-25(31)35-15-22(32)29-19-8-4-5-9-21(19)34-24(27)28/h1-14,24H,15H2,(H,29,32)/b20-14+. The van der Waals surface area contributed by atoms with Crippen LogP contribution in [0.3, 0.4) is 0 Å². The molecule has 1 aliphatic heterocycles. The molecule has 0 radical (unpaired) electrons. The van der Waals surface area contributed by atoms with Gasteiger partial charge in [-0.2, -0.15) is 8.78 Å². The lowest BCUT2D eigenvalue weighted by molar-refractivity contribution is -0.114. The largest absolute Gasteiger partial charge is 0.433 e. The molecule has 0 bridgehead atoms. The zero-order valence-corrected chi connectivity index (χ0v) is 18.8. The number of aliphatic imine (C=N–C) groups is 1. The van der Waals surface area contributed by atoms with Gasteiger partial charge < -0.3 is 10.1 Å². The predicted molar refractivity (Wildman–Crippen MR) is 130 cm³/mol. The van der Waals surface area contributed by atoms with E-state index in [4.69, 9.17) is 0 Å². The van der Waals surface area contributed by atoms with Gasteiger partial charge in [-0.3, -0.25) is 14.5 Å². The maximum absolute atomic E-state index is 13.4. The van der Waals surface area contributed by atoms with Crippen molar-refractivity contribution in [3.8, 4) is 5.75 Å². The maximum Gasteiger partial charge on any atom is 0.387 e. The monoisotopic (exact) mass is 497 g/mol. The summed E-state index contributed by atoms with van der Waals surface area (Å²) in [6.07, 6.45) is 1.62. The smallest absolute Gasteiger partial charge is 0.387 e. The van der Waals surface area contributed by atoms with Crippen LogP contribution in [0.15, 0.2) is 89.6 Å². The number of ether oxygens (including phenoxy) is 1. The van der Waals surface area contributed by atoms with Crippen molar-refractivity contribution in [3.05, 3.63) is 95.9 Å². The van der Waals surface area contributed by atoms with E-state index in [2.05, 4.69) is 15.0 Å². The fraction of sp³-hybridized carbons (Fsp3) is 0.0800. The summed E-state index contributed by atoms with van der Waals surface area (Å²) in [5, 5.41) is 2.74. The van der Waals surface area contributed by atoms with Gasteiger partial charge in [0.1, 0.15) is 17.3 Å². The molecule has 1 heterocycles. The number of hydrogen-bond donors (Lipinski definition) is 1. The topological polar surface area (TPSA) is 71.0 Å². The lowest BCUT2D eigenvalue weighted by atomic mass is 10.2. The zero-order valence-electron chi connectivity index (χ0n) is 18.0. The van der Waals surface area contributed by atoms with Crippen LogP contribution in [-0.2, 0) is 9.59 Å². The van der Waals surface area contributed by atoms with E-state index < -0.39 is 24.2 Å². The van der Waals surface area contributed by atoms with Crippen molar-refractivity contribution in [2.45, 2.75) is 6.61 Å². The number of carbonyl (C=O) groups is 2. The highest BCUT2D eigenvalue weighted by Gasteiger charge is 2.32. The Hall–Kier alpha value is -4.05. The molecule has 3 aromatic rings. The highest BCUT2D eigenvalue weighted by Crippen LogP contribution is 2.30. The van der Waals surface area contributed by atoms with Crippen LogP contribution >= 0.6 is 11.8 Å². The number of nitrogens with zero attached hydrogens (tertiary/aromatic N) is 2. The van der Waals surface area contributed by atoms with Crippen molar-refractivity contribution in [3.63, 3.8) is 0 Å². The van der Waals surface area contributed by atoms with Crippen molar-refractivity contribution in [1.82, 2.24) is 0 Å². The molecule has 0 aromatic heterocycles. The van der Waals surface area contributed by atoms with E-state index in [0.29, 0.717) is 5.69 Å². The van der Waals surface area contributed by atoms with Crippen LogP contribution in [0.2, 0.25) is 0 Å². The first-order chi connectivity index (χ1) is 16.9. The summed E-state index contributed by atoms with van der Waals surface area (Å²) in [6.45, 7) is -3.04. The first kappa shape index (κ1) is 24.1. The molecule has 0 saturated carbocycles. The second kappa shape index (κ2) is 10.9. The molecule has 6 nitrogen and oxygen atoms in total. The van der Waals surface area contributed by atoms with E-state index in [9.17, 15) is 22.8 Å². The summed E-state index contributed by atoms with van der Waals surface area (Å²) in [4.78, 5) is 31.4. The van der Waals surface area contributed by atoms with Gasteiger partial charge in [0.05, 0.1) is 17.1 Å². The van der Waals surface area contributed by atoms with Crippen LogP contribution in [-0.4, -0.2) is 29.3 Å². The van der Waals surface area contributed by atoms with Crippen LogP contribution in [0.25, 0.3) is 6.08 Å². The van der Waals surface area contributed by atoms with Gasteiger partial charge in [-0.1, -0.05) is 54.2 Å². The fourth-order valence-corrected chi connectivity index (χ4v) is 4.02.